The molecule has 3 nitrogen and oxygen atoms in total. The van der Waals surface area contributed by atoms with Crippen LogP contribution in [-0.4, -0.2) is 6.61 Å². The van der Waals surface area contributed by atoms with Crippen molar-refractivity contribution in [3.63, 3.8) is 0 Å². The highest BCUT2D eigenvalue weighted by atomic mass is 79.9. The molecule has 0 atom stereocenters. The fourth-order valence-electron chi connectivity index (χ4n) is 1.70. The van der Waals surface area contributed by atoms with Gasteiger partial charge in [-0.1, -0.05) is 28.1 Å². The number of benzene rings is 2. The Morgan fingerprint density at radius 1 is 1.11 bits per heavy atom. The van der Waals surface area contributed by atoms with Crippen molar-refractivity contribution in [2.75, 3.05) is 12.3 Å². The Labute approximate surface area is 121 Å². The number of aryl methyl sites for hydroxylation is 1. The van der Waals surface area contributed by atoms with E-state index in [-0.39, 0.29) is 0 Å². The van der Waals surface area contributed by atoms with Crippen molar-refractivity contribution in [1.82, 2.24) is 0 Å². The molecule has 0 aliphatic heterocycles. The first-order chi connectivity index (χ1) is 9.11. The molecule has 0 heterocycles. The summed E-state index contributed by atoms with van der Waals surface area (Å²) < 4.78 is 12.3. The molecule has 0 radical (unpaired) electrons. The van der Waals surface area contributed by atoms with Crippen molar-refractivity contribution in [2.24, 2.45) is 0 Å². The number of nitrogens with two attached hydrogens (primary N) is 1. The van der Waals surface area contributed by atoms with Gasteiger partial charge in [0.25, 0.3) is 0 Å². The van der Waals surface area contributed by atoms with Gasteiger partial charge in [0.05, 0.1) is 6.61 Å². The van der Waals surface area contributed by atoms with Crippen molar-refractivity contribution in [1.29, 1.82) is 0 Å². The maximum Gasteiger partial charge on any atom is 0.154 e. The minimum atomic E-state index is 0.517. The van der Waals surface area contributed by atoms with Crippen molar-refractivity contribution >= 4 is 21.6 Å². The van der Waals surface area contributed by atoms with E-state index in [0.29, 0.717) is 23.8 Å². The third-order valence-electron chi connectivity index (χ3n) is 2.70. The third kappa shape index (κ3) is 3.20. The summed E-state index contributed by atoms with van der Waals surface area (Å²) in [5, 5.41) is 0. The van der Waals surface area contributed by atoms with Gasteiger partial charge in [-0.2, -0.15) is 0 Å². The third-order valence-corrected chi connectivity index (χ3v) is 3.19. The van der Waals surface area contributed by atoms with Crippen LogP contribution in [0.3, 0.4) is 0 Å². The molecular formula is C15H16BrNO2. The molecule has 0 fully saturated rings. The van der Waals surface area contributed by atoms with Crippen LogP contribution in [0.2, 0.25) is 0 Å². The van der Waals surface area contributed by atoms with Crippen LogP contribution >= 0.6 is 15.9 Å². The minimum Gasteiger partial charge on any atom is -0.492 e. The average molecular weight is 322 g/mol. The molecule has 0 bridgehead atoms. The largest absolute Gasteiger partial charge is 0.492 e. The van der Waals surface area contributed by atoms with E-state index in [4.69, 9.17) is 15.2 Å². The van der Waals surface area contributed by atoms with E-state index >= 15 is 0 Å². The summed E-state index contributed by atoms with van der Waals surface area (Å²) in [4.78, 5) is 0. The Kier molecular flexibility index (Phi) is 4.32. The molecule has 2 rings (SSSR count). The Bertz CT molecular complexity index is 584. The molecular weight excluding hydrogens is 306 g/mol. The van der Waals surface area contributed by atoms with Crippen molar-refractivity contribution in [2.45, 2.75) is 13.8 Å². The summed E-state index contributed by atoms with van der Waals surface area (Å²) >= 11 is 3.43. The first kappa shape index (κ1) is 13.7. The van der Waals surface area contributed by atoms with Gasteiger partial charge in [-0.25, -0.2) is 0 Å². The van der Waals surface area contributed by atoms with Crippen LogP contribution in [0.4, 0.5) is 5.69 Å². The molecule has 100 valence electrons. The molecule has 0 aliphatic carbocycles. The molecule has 4 heteroatoms. The van der Waals surface area contributed by atoms with Gasteiger partial charge in [0.1, 0.15) is 17.2 Å². The maximum absolute atomic E-state index is 6.04. The topological polar surface area (TPSA) is 44.5 Å². The molecule has 0 saturated carbocycles. The fourth-order valence-corrected chi connectivity index (χ4v) is 2.04. The average Bonchev–Trinajstić information content (AvgIpc) is 2.39. The summed E-state index contributed by atoms with van der Waals surface area (Å²) in [7, 11) is 0. The lowest BCUT2D eigenvalue weighted by atomic mass is 10.2. The van der Waals surface area contributed by atoms with Gasteiger partial charge in [-0.15, -0.1) is 0 Å². The zero-order valence-electron chi connectivity index (χ0n) is 10.9. The Hall–Kier alpha value is -1.68. The number of halogens is 1. The van der Waals surface area contributed by atoms with E-state index in [2.05, 4.69) is 15.9 Å². The highest BCUT2D eigenvalue weighted by Gasteiger charge is 2.09. The molecule has 2 N–H and O–H groups in total. The lowest BCUT2D eigenvalue weighted by molar-refractivity contribution is 0.340. The Morgan fingerprint density at radius 3 is 2.58 bits per heavy atom. The van der Waals surface area contributed by atoms with E-state index in [9.17, 15) is 0 Å². The lowest BCUT2D eigenvalue weighted by Crippen LogP contribution is -1.99. The van der Waals surface area contributed by atoms with Crippen LogP contribution < -0.4 is 15.2 Å². The standard InChI is InChI=1S/C15H16BrNO2/c1-3-18-12-5-4-6-13(15(12)17)19-14-9-11(16)8-7-10(14)2/h4-9H,3,17H2,1-2H3. The van der Waals surface area contributed by atoms with Crippen LogP contribution in [0.5, 0.6) is 17.2 Å². The van der Waals surface area contributed by atoms with Crippen molar-refractivity contribution < 1.29 is 9.47 Å². The molecule has 2 aromatic carbocycles. The molecule has 19 heavy (non-hydrogen) atoms. The molecule has 0 spiro atoms. The van der Waals surface area contributed by atoms with Gasteiger partial charge in [-0.05, 0) is 43.7 Å². The van der Waals surface area contributed by atoms with E-state index in [1.165, 1.54) is 0 Å². The first-order valence-electron chi connectivity index (χ1n) is 6.07. The molecule has 0 saturated heterocycles. The van der Waals surface area contributed by atoms with Gasteiger partial charge in [0.2, 0.25) is 0 Å². The van der Waals surface area contributed by atoms with Crippen LogP contribution in [0.1, 0.15) is 12.5 Å². The Morgan fingerprint density at radius 2 is 1.84 bits per heavy atom. The second kappa shape index (κ2) is 5.97. The smallest absolute Gasteiger partial charge is 0.154 e. The number of para-hydroxylation sites is 1. The summed E-state index contributed by atoms with van der Waals surface area (Å²) in [5.74, 6) is 2.02. The molecule has 0 amide bonds. The minimum absolute atomic E-state index is 0.517. The number of hydrogen-bond donors (Lipinski definition) is 1. The summed E-state index contributed by atoms with van der Waals surface area (Å²) in [6.45, 7) is 4.49. The zero-order valence-corrected chi connectivity index (χ0v) is 12.5. The quantitative estimate of drug-likeness (QED) is 0.841. The van der Waals surface area contributed by atoms with E-state index in [1.807, 2.05) is 50.2 Å². The highest BCUT2D eigenvalue weighted by molar-refractivity contribution is 9.10. The van der Waals surface area contributed by atoms with Gasteiger partial charge in [-0.3, -0.25) is 0 Å². The van der Waals surface area contributed by atoms with Gasteiger partial charge >= 0.3 is 0 Å². The van der Waals surface area contributed by atoms with Crippen LogP contribution in [-0.2, 0) is 0 Å². The number of hydrogen-bond acceptors (Lipinski definition) is 3. The molecule has 0 aliphatic rings. The predicted molar refractivity (Wildman–Crippen MR) is 81.0 cm³/mol. The number of nitrogen functional groups attached to an aromatic ring is 1. The normalized spacial score (nSPS) is 10.3. The maximum atomic E-state index is 6.04. The van der Waals surface area contributed by atoms with Crippen LogP contribution in [0.25, 0.3) is 0 Å². The molecule has 2 aromatic rings. The second-order valence-corrected chi connectivity index (χ2v) is 5.03. The van der Waals surface area contributed by atoms with Crippen molar-refractivity contribution in [3.8, 4) is 17.2 Å². The van der Waals surface area contributed by atoms with E-state index < -0.39 is 0 Å². The monoisotopic (exact) mass is 321 g/mol. The molecule has 0 aromatic heterocycles. The first-order valence-corrected chi connectivity index (χ1v) is 6.86. The molecule has 0 unspecified atom stereocenters. The number of rotatable bonds is 4. The second-order valence-electron chi connectivity index (χ2n) is 4.11. The number of anilines is 1. The predicted octanol–water partition coefficient (Wildman–Crippen LogP) is 4.53. The van der Waals surface area contributed by atoms with Crippen molar-refractivity contribution in [3.05, 3.63) is 46.4 Å². The number of ether oxygens (including phenoxy) is 2. The van der Waals surface area contributed by atoms with Crippen LogP contribution in [0, 0.1) is 6.92 Å². The Balaban J connectivity index is 2.33. The SMILES string of the molecule is CCOc1cccc(Oc2cc(Br)ccc2C)c1N. The van der Waals surface area contributed by atoms with Gasteiger partial charge in [0.15, 0.2) is 5.75 Å². The van der Waals surface area contributed by atoms with Gasteiger partial charge < -0.3 is 15.2 Å². The lowest BCUT2D eigenvalue weighted by Gasteiger charge is -2.13. The summed E-state index contributed by atoms with van der Waals surface area (Å²) in [5.41, 5.74) is 7.61. The van der Waals surface area contributed by atoms with Gasteiger partial charge in [0, 0.05) is 4.47 Å². The zero-order chi connectivity index (χ0) is 13.8. The van der Waals surface area contributed by atoms with E-state index in [0.717, 1.165) is 15.8 Å². The fraction of sp³-hybridized carbons (Fsp3) is 0.200. The van der Waals surface area contributed by atoms with Crippen LogP contribution in [0.15, 0.2) is 40.9 Å². The van der Waals surface area contributed by atoms with E-state index in [1.54, 1.807) is 0 Å². The summed E-state index contributed by atoms with van der Waals surface area (Å²) in [6.07, 6.45) is 0. The summed E-state index contributed by atoms with van der Waals surface area (Å²) in [6, 6.07) is 11.4. The highest BCUT2D eigenvalue weighted by Crippen LogP contribution is 2.36.